The summed E-state index contributed by atoms with van der Waals surface area (Å²) in [7, 11) is -9.79. The Labute approximate surface area is 666 Å². The molecule has 0 radical (unpaired) electrons. The van der Waals surface area contributed by atoms with Crippen LogP contribution >= 0.6 is 15.6 Å². The molecule has 0 rings (SSSR count). The van der Waals surface area contributed by atoms with Gasteiger partial charge in [0, 0.05) is 19.3 Å². The van der Waals surface area contributed by atoms with Crippen molar-refractivity contribution in [3.8, 4) is 0 Å². The Morgan fingerprint density at radius 1 is 0.266 bits per heavy atom. The van der Waals surface area contributed by atoms with Crippen LogP contribution in [0.5, 0.6) is 0 Å². The lowest BCUT2D eigenvalue weighted by Gasteiger charge is -2.21. The van der Waals surface area contributed by atoms with Gasteiger partial charge in [-0.25, -0.2) is 9.13 Å². The molecule has 0 bridgehead atoms. The molecular formula is C91H162O16P2. The number of esters is 3. The molecule has 0 aromatic carbocycles. The Morgan fingerprint density at radius 2 is 0.486 bits per heavy atom. The predicted molar refractivity (Wildman–Crippen MR) is 454 cm³/mol. The minimum Gasteiger partial charge on any atom is -0.463 e. The summed E-state index contributed by atoms with van der Waals surface area (Å²) in [4.78, 5) is 58.8. The highest BCUT2D eigenvalue weighted by Gasteiger charge is 2.29. The van der Waals surface area contributed by atoms with E-state index in [-0.39, 0.29) is 19.3 Å². The summed E-state index contributed by atoms with van der Waals surface area (Å²) < 4.78 is 61.3. The first kappa shape index (κ1) is 105. The summed E-state index contributed by atoms with van der Waals surface area (Å²) in [5.41, 5.74) is 0. The second-order valence-electron chi connectivity index (χ2n) is 29.7. The Hall–Kier alpha value is -3.79. The number of aliphatic hydroxyl groups is 2. The lowest BCUT2D eigenvalue weighted by atomic mass is 10.0. The molecule has 0 saturated heterocycles. The highest BCUT2D eigenvalue weighted by atomic mass is 31.2. The van der Waals surface area contributed by atoms with Crippen LogP contribution in [0.1, 0.15) is 393 Å². The van der Waals surface area contributed by atoms with E-state index in [4.69, 9.17) is 32.3 Å². The molecule has 0 amide bonds. The number of carbonyl (C=O) groups excluding carboxylic acids is 3. The van der Waals surface area contributed by atoms with Crippen LogP contribution < -0.4 is 0 Å². The third kappa shape index (κ3) is 84.9. The minimum atomic E-state index is -4.93. The third-order valence-corrected chi connectivity index (χ3v) is 20.9. The number of carbonyl (C=O) groups is 3. The van der Waals surface area contributed by atoms with Crippen LogP contribution in [0.3, 0.4) is 0 Å². The van der Waals surface area contributed by atoms with Crippen LogP contribution in [-0.2, 0) is 55.8 Å². The van der Waals surface area contributed by atoms with Gasteiger partial charge in [-0.3, -0.25) is 32.5 Å². The third-order valence-electron chi connectivity index (χ3n) is 19.0. The Morgan fingerprint density at radius 3 is 0.789 bits per heavy atom. The van der Waals surface area contributed by atoms with E-state index in [0.29, 0.717) is 19.3 Å². The smallest absolute Gasteiger partial charge is 0.463 e. The zero-order valence-electron chi connectivity index (χ0n) is 69.5. The number of phosphoric ester groups is 2. The standard InChI is InChI=1S/C91H162O16P2/c1-4-7-10-13-16-19-22-25-28-30-32-34-36-37-38-39-40-41-42-43-44-45-46-47-49-51-52-54-57-59-62-65-68-71-74-77-89(94)101-80-86(92)81-103-108(97,98)104-82-87(93)83-105-109(99,100)106-85-88(107-91(96)79-76-73-70-67-64-61-56-27-24-21-18-15-12-9-6-3)84-102-90(95)78-75-72-69-66-63-60-58-55-53-50-48-35-33-31-29-26-23-20-17-14-11-8-5-2/h7,10,16-17,19-20,25-26,28-29,32-35,37-38,50,53,86-88,92-93H,4-6,8-9,11-15,18,21-24,27,30-31,36,39-49,51-52,54-85H2,1-3H3,(H,97,98)(H,99,100)/b10-7-,19-16-,20-17-,28-25-,29-26-,34-32-,35-33-,38-37-,53-50-. The molecule has 0 aliphatic rings. The lowest BCUT2D eigenvalue weighted by molar-refractivity contribution is -0.161. The zero-order chi connectivity index (χ0) is 79.4. The second kappa shape index (κ2) is 83.6. The number of allylic oxidation sites excluding steroid dienone is 18. The van der Waals surface area contributed by atoms with Crippen LogP contribution in [0.2, 0.25) is 0 Å². The maximum atomic E-state index is 13.0. The monoisotopic (exact) mass is 1570 g/mol. The Bertz CT molecular complexity index is 2420. The molecule has 0 aromatic heterocycles. The van der Waals surface area contributed by atoms with E-state index in [2.05, 4.69) is 130 Å². The van der Waals surface area contributed by atoms with Gasteiger partial charge in [0.25, 0.3) is 0 Å². The van der Waals surface area contributed by atoms with E-state index in [9.17, 15) is 43.5 Å². The molecule has 0 spiro atoms. The molecule has 18 heteroatoms. The van der Waals surface area contributed by atoms with Gasteiger partial charge in [-0.2, -0.15) is 0 Å². The van der Waals surface area contributed by atoms with Crippen molar-refractivity contribution in [2.45, 2.75) is 411 Å². The number of aliphatic hydroxyl groups excluding tert-OH is 2. The summed E-state index contributed by atoms with van der Waals surface area (Å²) in [6, 6.07) is 0. The Kier molecular flexibility index (Phi) is 80.7. The van der Waals surface area contributed by atoms with Gasteiger partial charge in [-0.15, -0.1) is 0 Å². The van der Waals surface area contributed by atoms with Gasteiger partial charge in [0.05, 0.1) is 26.4 Å². The maximum absolute atomic E-state index is 13.0. The van der Waals surface area contributed by atoms with E-state index >= 15 is 0 Å². The van der Waals surface area contributed by atoms with Gasteiger partial charge in [-0.1, -0.05) is 374 Å². The summed E-state index contributed by atoms with van der Waals surface area (Å²) in [5, 5.41) is 20.7. The normalized spacial score (nSPS) is 14.4. The van der Waals surface area contributed by atoms with Crippen molar-refractivity contribution >= 4 is 33.6 Å². The highest BCUT2D eigenvalue weighted by molar-refractivity contribution is 7.47. The zero-order valence-corrected chi connectivity index (χ0v) is 71.3. The molecular weight excluding hydrogens is 1410 g/mol. The molecule has 5 unspecified atom stereocenters. The van der Waals surface area contributed by atoms with E-state index < -0.39 is 91.5 Å². The fourth-order valence-corrected chi connectivity index (χ4v) is 13.9. The molecule has 0 heterocycles. The average Bonchev–Trinajstić information content (AvgIpc) is 0.902. The summed E-state index contributed by atoms with van der Waals surface area (Å²) in [6.07, 6.45) is 100. The molecule has 5 atom stereocenters. The van der Waals surface area contributed by atoms with Gasteiger partial charge >= 0.3 is 33.6 Å². The fraction of sp³-hybridized carbons (Fsp3) is 0.769. The molecule has 16 nitrogen and oxygen atoms in total. The summed E-state index contributed by atoms with van der Waals surface area (Å²) in [5.74, 6) is -1.56. The minimum absolute atomic E-state index is 0.106. The van der Waals surface area contributed by atoms with Crippen molar-refractivity contribution in [1.29, 1.82) is 0 Å². The van der Waals surface area contributed by atoms with Crippen molar-refractivity contribution in [3.63, 3.8) is 0 Å². The number of ether oxygens (including phenoxy) is 3. The molecule has 109 heavy (non-hydrogen) atoms. The number of unbranched alkanes of at least 4 members (excludes halogenated alkanes) is 43. The van der Waals surface area contributed by atoms with Gasteiger partial charge < -0.3 is 34.2 Å². The number of rotatable bonds is 84. The molecule has 0 aromatic rings. The van der Waals surface area contributed by atoms with Crippen molar-refractivity contribution < 1.29 is 75.8 Å². The highest BCUT2D eigenvalue weighted by Crippen LogP contribution is 2.45. The fourth-order valence-electron chi connectivity index (χ4n) is 12.3. The number of hydrogen-bond donors (Lipinski definition) is 4. The Balaban J connectivity index is 4.41. The quantitative estimate of drug-likeness (QED) is 0.0146. The van der Waals surface area contributed by atoms with Gasteiger partial charge in [0.15, 0.2) is 6.10 Å². The van der Waals surface area contributed by atoms with E-state index in [1.165, 1.54) is 193 Å². The SMILES string of the molecule is CC/C=C\C/C=C\C/C=C\C/C=C\C/C=C\CCCCCCCCCCCCCCCCCCCCCC(=O)OCC(O)COP(=O)(O)OCC(O)COP(=O)(O)OCC(COC(=O)CCCCCCCCC/C=C\C/C=C\C/C=C\C/C=C\CCCCC)OC(=O)CCCCCCCCCCCCCCCCC. The first-order valence-corrected chi connectivity index (χ1v) is 47.2. The van der Waals surface area contributed by atoms with Gasteiger partial charge in [-0.05, 0) is 109 Å². The average molecular weight is 1570 g/mol. The van der Waals surface area contributed by atoms with Crippen molar-refractivity contribution in [2.75, 3.05) is 39.6 Å². The topological polar surface area (TPSA) is 231 Å². The molecule has 632 valence electrons. The first-order valence-electron chi connectivity index (χ1n) is 44.2. The van der Waals surface area contributed by atoms with Crippen LogP contribution in [0.25, 0.3) is 0 Å². The summed E-state index contributed by atoms with van der Waals surface area (Å²) in [6.45, 7) is 2.60. The van der Waals surface area contributed by atoms with E-state index in [0.717, 1.165) is 141 Å². The second-order valence-corrected chi connectivity index (χ2v) is 32.6. The van der Waals surface area contributed by atoms with Crippen LogP contribution in [0, 0.1) is 0 Å². The molecule has 0 aliphatic heterocycles. The predicted octanol–water partition coefficient (Wildman–Crippen LogP) is 26.7. The van der Waals surface area contributed by atoms with E-state index in [1.807, 2.05) is 0 Å². The first-order chi connectivity index (χ1) is 53.2. The molecule has 0 aliphatic carbocycles. The maximum Gasteiger partial charge on any atom is 0.472 e. The van der Waals surface area contributed by atoms with Gasteiger partial charge in [0.2, 0.25) is 0 Å². The number of phosphoric acid groups is 2. The van der Waals surface area contributed by atoms with Gasteiger partial charge in [0.1, 0.15) is 25.4 Å². The van der Waals surface area contributed by atoms with Crippen molar-refractivity contribution in [3.05, 3.63) is 109 Å². The van der Waals surface area contributed by atoms with Crippen molar-refractivity contribution in [1.82, 2.24) is 0 Å². The largest absolute Gasteiger partial charge is 0.472 e. The molecule has 0 saturated carbocycles. The molecule has 4 N–H and O–H groups in total. The van der Waals surface area contributed by atoms with Crippen molar-refractivity contribution in [2.24, 2.45) is 0 Å². The van der Waals surface area contributed by atoms with Crippen LogP contribution in [-0.4, -0.2) is 95.9 Å². The van der Waals surface area contributed by atoms with Crippen LogP contribution in [0.4, 0.5) is 0 Å². The molecule has 0 fully saturated rings. The van der Waals surface area contributed by atoms with E-state index in [1.54, 1.807) is 0 Å². The summed E-state index contributed by atoms with van der Waals surface area (Å²) >= 11 is 0. The van der Waals surface area contributed by atoms with Crippen LogP contribution in [0.15, 0.2) is 109 Å². The lowest BCUT2D eigenvalue weighted by Crippen LogP contribution is -2.30. The number of hydrogen-bond acceptors (Lipinski definition) is 14.